The van der Waals surface area contributed by atoms with Gasteiger partial charge in [0.1, 0.15) is 18.1 Å². The third-order valence-electron chi connectivity index (χ3n) is 6.02. The van der Waals surface area contributed by atoms with Crippen molar-refractivity contribution in [3.8, 4) is 17.2 Å². The molecular formula is C29H37N3O6. The van der Waals surface area contributed by atoms with Gasteiger partial charge in [-0.3, -0.25) is 4.79 Å². The molecule has 0 unspecified atom stereocenters. The second-order valence-corrected chi connectivity index (χ2v) is 8.91. The number of urea groups is 1. The number of para-hydroxylation sites is 2. The highest BCUT2D eigenvalue weighted by Gasteiger charge is 2.25. The molecule has 0 aliphatic heterocycles. The van der Waals surface area contributed by atoms with Crippen molar-refractivity contribution in [2.24, 2.45) is 0 Å². The van der Waals surface area contributed by atoms with E-state index in [1.807, 2.05) is 57.2 Å². The van der Waals surface area contributed by atoms with Crippen LogP contribution in [-0.4, -0.2) is 61.7 Å². The topological polar surface area (TPSA) is 93.5 Å². The maximum Gasteiger partial charge on any atom is 0.322 e. The smallest absolute Gasteiger partial charge is 0.322 e. The Bertz CT molecular complexity index is 1180. The maximum atomic E-state index is 13.5. The lowest BCUT2D eigenvalue weighted by Gasteiger charge is -2.30. The van der Waals surface area contributed by atoms with E-state index in [9.17, 15) is 9.59 Å². The van der Waals surface area contributed by atoms with Crippen LogP contribution in [0.5, 0.6) is 17.2 Å². The van der Waals surface area contributed by atoms with Gasteiger partial charge in [-0.05, 0) is 69.2 Å². The lowest BCUT2D eigenvalue weighted by molar-refractivity contribution is -0.133. The van der Waals surface area contributed by atoms with Crippen LogP contribution in [0.1, 0.15) is 32.1 Å². The highest BCUT2D eigenvalue weighted by atomic mass is 16.5. The number of furan rings is 1. The van der Waals surface area contributed by atoms with Crippen molar-refractivity contribution >= 4 is 17.6 Å². The van der Waals surface area contributed by atoms with Gasteiger partial charge in [0.15, 0.2) is 11.5 Å². The Kier molecular flexibility index (Phi) is 10.5. The highest BCUT2D eigenvalue weighted by Crippen LogP contribution is 2.28. The predicted octanol–water partition coefficient (Wildman–Crippen LogP) is 5.21. The molecule has 38 heavy (non-hydrogen) atoms. The number of carbonyl (C=O) groups is 2. The first kappa shape index (κ1) is 28.4. The van der Waals surface area contributed by atoms with Gasteiger partial charge in [0.05, 0.1) is 39.3 Å². The minimum absolute atomic E-state index is 0.0903. The zero-order valence-corrected chi connectivity index (χ0v) is 22.7. The van der Waals surface area contributed by atoms with E-state index >= 15 is 0 Å². The van der Waals surface area contributed by atoms with Crippen molar-refractivity contribution in [2.75, 3.05) is 39.2 Å². The molecule has 1 aromatic heterocycles. The van der Waals surface area contributed by atoms with Gasteiger partial charge in [0.2, 0.25) is 5.91 Å². The molecule has 0 saturated carbocycles. The summed E-state index contributed by atoms with van der Waals surface area (Å²) >= 11 is 0. The fraction of sp³-hybridized carbons (Fsp3) is 0.379. The van der Waals surface area contributed by atoms with Gasteiger partial charge >= 0.3 is 6.03 Å². The second kappa shape index (κ2) is 14.0. The fourth-order valence-electron chi connectivity index (χ4n) is 3.96. The van der Waals surface area contributed by atoms with Crippen LogP contribution in [-0.2, 0) is 17.8 Å². The number of ether oxygens (including phenoxy) is 3. The number of methoxy groups -OCH3 is 2. The lowest BCUT2D eigenvalue weighted by Crippen LogP contribution is -2.47. The number of nitrogens with zero attached hydrogens (tertiary/aromatic N) is 2. The average Bonchev–Trinajstić information content (AvgIpc) is 3.43. The van der Waals surface area contributed by atoms with Crippen LogP contribution >= 0.6 is 0 Å². The third kappa shape index (κ3) is 7.68. The molecule has 0 spiro atoms. The molecule has 3 rings (SSSR count). The molecular weight excluding hydrogens is 486 g/mol. The van der Waals surface area contributed by atoms with Gasteiger partial charge in [-0.1, -0.05) is 18.2 Å². The summed E-state index contributed by atoms with van der Waals surface area (Å²) in [6.07, 6.45) is 2.17. The first-order valence-corrected chi connectivity index (χ1v) is 12.7. The van der Waals surface area contributed by atoms with E-state index < -0.39 is 0 Å². The Labute approximate surface area is 224 Å². The number of amides is 3. The number of anilines is 1. The summed E-state index contributed by atoms with van der Waals surface area (Å²) in [5, 5.41) is 2.89. The number of hydrogen-bond acceptors (Lipinski definition) is 6. The molecule has 0 aliphatic rings. The van der Waals surface area contributed by atoms with E-state index in [0.29, 0.717) is 54.8 Å². The van der Waals surface area contributed by atoms with Crippen molar-refractivity contribution in [1.29, 1.82) is 0 Å². The quantitative estimate of drug-likeness (QED) is 0.331. The van der Waals surface area contributed by atoms with Gasteiger partial charge in [0.25, 0.3) is 0 Å². The number of nitrogens with one attached hydrogen (secondary N) is 1. The molecule has 0 saturated heterocycles. The number of carbonyl (C=O) groups excluding carboxylic acids is 2. The summed E-state index contributed by atoms with van der Waals surface area (Å²) < 4.78 is 21.9. The largest absolute Gasteiger partial charge is 0.493 e. The van der Waals surface area contributed by atoms with Gasteiger partial charge in [-0.25, -0.2) is 4.79 Å². The van der Waals surface area contributed by atoms with Crippen molar-refractivity contribution < 1.29 is 28.2 Å². The molecule has 204 valence electrons. The van der Waals surface area contributed by atoms with Crippen LogP contribution in [0.4, 0.5) is 10.5 Å². The molecule has 9 heteroatoms. The zero-order chi connectivity index (χ0) is 27.5. The SMILES string of the molecule is CCOc1ccccc1NC(=O)N(CC(=O)N(CCc1ccc(OC)c(OC)c1)Cc1ccco1)C(C)C. The number of rotatable bonds is 13. The first-order chi connectivity index (χ1) is 18.4. The first-order valence-electron chi connectivity index (χ1n) is 12.7. The van der Waals surface area contributed by atoms with E-state index in [1.165, 1.54) is 4.90 Å². The molecule has 1 N–H and O–H groups in total. The monoisotopic (exact) mass is 523 g/mol. The van der Waals surface area contributed by atoms with E-state index in [4.69, 9.17) is 18.6 Å². The van der Waals surface area contributed by atoms with Crippen LogP contribution in [0.15, 0.2) is 65.3 Å². The van der Waals surface area contributed by atoms with Gasteiger partial charge < -0.3 is 33.7 Å². The van der Waals surface area contributed by atoms with Gasteiger partial charge in [-0.15, -0.1) is 0 Å². The Morgan fingerprint density at radius 1 is 0.974 bits per heavy atom. The lowest BCUT2D eigenvalue weighted by atomic mass is 10.1. The molecule has 3 aromatic rings. The Hall–Kier alpha value is -4.14. The molecule has 0 aliphatic carbocycles. The maximum absolute atomic E-state index is 13.5. The minimum Gasteiger partial charge on any atom is -0.493 e. The van der Waals surface area contributed by atoms with Crippen molar-refractivity contribution in [3.63, 3.8) is 0 Å². The molecule has 0 radical (unpaired) electrons. The summed E-state index contributed by atoms with van der Waals surface area (Å²) in [5.74, 6) is 2.32. The van der Waals surface area contributed by atoms with Crippen molar-refractivity contribution in [3.05, 3.63) is 72.2 Å². The molecule has 0 fully saturated rings. The number of hydrogen-bond donors (Lipinski definition) is 1. The third-order valence-corrected chi connectivity index (χ3v) is 6.02. The molecule has 9 nitrogen and oxygen atoms in total. The van der Waals surface area contributed by atoms with Gasteiger partial charge in [-0.2, -0.15) is 0 Å². The molecule has 0 bridgehead atoms. The zero-order valence-electron chi connectivity index (χ0n) is 22.7. The van der Waals surface area contributed by atoms with Crippen molar-refractivity contribution in [1.82, 2.24) is 9.80 Å². The molecule has 1 heterocycles. The number of benzene rings is 2. The van der Waals surface area contributed by atoms with Crippen LogP contribution in [0.25, 0.3) is 0 Å². The summed E-state index contributed by atoms with van der Waals surface area (Å²) in [5.41, 5.74) is 1.55. The van der Waals surface area contributed by atoms with Crippen LogP contribution in [0, 0.1) is 0 Å². The normalized spacial score (nSPS) is 10.7. The van der Waals surface area contributed by atoms with E-state index in [0.717, 1.165) is 5.56 Å². The average molecular weight is 524 g/mol. The van der Waals surface area contributed by atoms with Crippen LogP contribution < -0.4 is 19.5 Å². The van der Waals surface area contributed by atoms with Crippen LogP contribution in [0.2, 0.25) is 0 Å². The second-order valence-electron chi connectivity index (χ2n) is 8.91. The standard InChI is InChI=1S/C29H37N3O6/c1-6-37-25-12-8-7-11-24(25)30-29(34)32(21(2)3)20-28(33)31(19-23-10-9-17-38-23)16-15-22-13-14-26(35-4)27(18-22)36-5/h7-14,17-18,21H,6,15-16,19-20H2,1-5H3,(H,30,34). The summed E-state index contributed by atoms with van der Waals surface area (Å²) in [7, 11) is 3.18. The summed E-state index contributed by atoms with van der Waals surface area (Å²) in [6, 6.07) is 15.9. The molecule has 0 atom stereocenters. The van der Waals surface area contributed by atoms with Gasteiger partial charge in [0, 0.05) is 12.6 Å². The Balaban J connectivity index is 1.74. The Morgan fingerprint density at radius 3 is 2.39 bits per heavy atom. The minimum atomic E-state index is -0.377. The van der Waals surface area contributed by atoms with E-state index in [1.54, 1.807) is 43.6 Å². The highest BCUT2D eigenvalue weighted by molar-refractivity contribution is 5.93. The summed E-state index contributed by atoms with van der Waals surface area (Å²) in [6.45, 7) is 6.74. The summed E-state index contributed by atoms with van der Waals surface area (Å²) in [4.78, 5) is 30.0. The fourth-order valence-corrected chi connectivity index (χ4v) is 3.96. The van der Waals surface area contributed by atoms with E-state index in [2.05, 4.69) is 5.32 Å². The molecule has 3 amide bonds. The molecule has 2 aromatic carbocycles. The van der Waals surface area contributed by atoms with Crippen LogP contribution in [0.3, 0.4) is 0 Å². The van der Waals surface area contributed by atoms with E-state index in [-0.39, 0.29) is 24.5 Å². The van der Waals surface area contributed by atoms with Crippen molar-refractivity contribution in [2.45, 2.75) is 39.8 Å². The Morgan fingerprint density at radius 2 is 1.74 bits per heavy atom. The predicted molar refractivity (Wildman–Crippen MR) is 146 cm³/mol.